The van der Waals surface area contributed by atoms with Gasteiger partial charge in [-0.1, -0.05) is 68.7 Å². The van der Waals surface area contributed by atoms with E-state index in [-0.39, 0.29) is 36.2 Å². The Labute approximate surface area is 219 Å². The molecule has 0 spiro atoms. The molecule has 1 fully saturated rings. The highest BCUT2D eigenvalue weighted by Gasteiger charge is 2.56. The molecule has 1 saturated heterocycles. The molecule has 7 heteroatoms. The zero-order valence-corrected chi connectivity index (χ0v) is 21.9. The van der Waals surface area contributed by atoms with E-state index >= 15 is 0 Å². The number of hydrogen-bond donors (Lipinski definition) is 3. The minimum absolute atomic E-state index is 0.0242. The number of aliphatic hydroxyl groups is 1. The first kappa shape index (κ1) is 26.9. The van der Waals surface area contributed by atoms with E-state index in [0.717, 1.165) is 49.3 Å². The Morgan fingerprint density at radius 1 is 0.973 bits per heavy atom. The molecule has 0 saturated carbocycles. The van der Waals surface area contributed by atoms with Crippen molar-refractivity contribution >= 4 is 34.2 Å². The molecule has 0 bridgehead atoms. The summed E-state index contributed by atoms with van der Waals surface area (Å²) < 4.78 is 0. The molecule has 7 nitrogen and oxygen atoms in total. The number of likely N-dealkylation sites (tertiary alicyclic amines) is 1. The SMILES string of the molecule is CCC[C@@H]1C=C[C@H]2[C@@H](C(=O)N(CCCCCCO)[C@@H]2C(=O)Nc2ccc3ccccc3c2)[C@@H]1C(=O)NC. The molecule has 2 aliphatic rings. The van der Waals surface area contributed by atoms with Gasteiger partial charge < -0.3 is 20.6 Å². The fourth-order valence-electron chi connectivity index (χ4n) is 6.10. The lowest BCUT2D eigenvalue weighted by molar-refractivity contribution is -0.140. The zero-order chi connectivity index (χ0) is 26.4. The summed E-state index contributed by atoms with van der Waals surface area (Å²) >= 11 is 0. The van der Waals surface area contributed by atoms with Gasteiger partial charge >= 0.3 is 0 Å². The number of nitrogens with one attached hydrogen (secondary N) is 2. The van der Waals surface area contributed by atoms with Crippen LogP contribution in [0.3, 0.4) is 0 Å². The topological polar surface area (TPSA) is 98.7 Å². The Morgan fingerprint density at radius 3 is 2.46 bits per heavy atom. The van der Waals surface area contributed by atoms with E-state index in [9.17, 15) is 14.4 Å². The molecular formula is C30H39N3O4. The number of anilines is 1. The van der Waals surface area contributed by atoms with E-state index in [0.29, 0.717) is 12.2 Å². The molecule has 4 rings (SSSR count). The molecule has 0 unspecified atom stereocenters. The number of aliphatic hydroxyl groups excluding tert-OH is 1. The van der Waals surface area contributed by atoms with Crippen molar-refractivity contribution in [3.05, 3.63) is 54.6 Å². The van der Waals surface area contributed by atoms with Gasteiger partial charge in [0.2, 0.25) is 17.7 Å². The molecule has 2 aromatic carbocycles. The predicted molar refractivity (Wildman–Crippen MR) is 146 cm³/mol. The number of rotatable bonds is 11. The molecule has 2 aromatic rings. The minimum Gasteiger partial charge on any atom is -0.396 e. The summed E-state index contributed by atoms with van der Waals surface area (Å²) in [5.74, 6) is -1.88. The van der Waals surface area contributed by atoms with Gasteiger partial charge in [-0.25, -0.2) is 0 Å². The summed E-state index contributed by atoms with van der Waals surface area (Å²) in [5, 5.41) is 17.0. The number of benzene rings is 2. The van der Waals surface area contributed by atoms with E-state index in [1.807, 2.05) is 48.5 Å². The van der Waals surface area contributed by atoms with Crippen LogP contribution in [0, 0.1) is 23.7 Å². The quantitative estimate of drug-likeness (QED) is 0.316. The Balaban J connectivity index is 1.62. The predicted octanol–water partition coefficient (Wildman–Crippen LogP) is 4.12. The van der Waals surface area contributed by atoms with Crippen molar-refractivity contribution in [2.24, 2.45) is 23.7 Å². The van der Waals surface area contributed by atoms with Gasteiger partial charge in [0.1, 0.15) is 6.04 Å². The lowest BCUT2D eigenvalue weighted by Crippen LogP contribution is -2.45. The highest BCUT2D eigenvalue weighted by Crippen LogP contribution is 2.45. The van der Waals surface area contributed by atoms with E-state index < -0.39 is 17.9 Å². The highest BCUT2D eigenvalue weighted by molar-refractivity contribution is 6.02. The van der Waals surface area contributed by atoms with E-state index in [1.165, 1.54) is 0 Å². The van der Waals surface area contributed by atoms with Crippen LogP contribution >= 0.6 is 0 Å². The zero-order valence-electron chi connectivity index (χ0n) is 21.9. The van der Waals surface area contributed by atoms with E-state index in [4.69, 9.17) is 5.11 Å². The van der Waals surface area contributed by atoms with Gasteiger partial charge in [-0.05, 0) is 48.1 Å². The van der Waals surface area contributed by atoms with Crippen LogP contribution in [-0.4, -0.2) is 54.0 Å². The number of fused-ring (bicyclic) bond motifs is 2. The number of carbonyl (C=O) groups is 3. The second-order valence-electron chi connectivity index (χ2n) is 10.2. The van der Waals surface area contributed by atoms with E-state index in [2.05, 4.69) is 23.6 Å². The molecule has 3 N–H and O–H groups in total. The van der Waals surface area contributed by atoms with Crippen molar-refractivity contribution in [2.45, 2.75) is 51.5 Å². The second-order valence-corrected chi connectivity index (χ2v) is 10.2. The van der Waals surface area contributed by atoms with E-state index in [1.54, 1.807) is 11.9 Å². The number of amides is 3. The molecule has 0 radical (unpaired) electrons. The second kappa shape index (κ2) is 12.4. The van der Waals surface area contributed by atoms with Crippen molar-refractivity contribution < 1.29 is 19.5 Å². The van der Waals surface area contributed by atoms with Crippen LogP contribution in [0.1, 0.15) is 45.4 Å². The van der Waals surface area contributed by atoms with Crippen LogP contribution in [0.4, 0.5) is 5.69 Å². The molecule has 1 aliphatic heterocycles. The first-order chi connectivity index (χ1) is 18.0. The van der Waals surface area contributed by atoms with Gasteiger partial charge in [0, 0.05) is 31.8 Å². The van der Waals surface area contributed by atoms with Crippen LogP contribution < -0.4 is 10.6 Å². The third kappa shape index (κ3) is 5.72. The van der Waals surface area contributed by atoms with Gasteiger partial charge in [0.15, 0.2) is 0 Å². The number of allylic oxidation sites excluding steroid dienone is 1. The average Bonchev–Trinajstić information content (AvgIpc) is 3.19. The maximum atomic E-state index is 13.9. The summed E-state index contributed by atoms with van der Waals surface area (Å²) in [6.45, 7) is 2.69. The van der Waals surface area contributed by atoms with Crippen molar-refractivity contribution in [3.63, 3.8) is 0 Å². The smallest absolute Gasteiger partial charge is 0.247 e. The molecule has 37 heavy (non-hydrogen) atoms. The van der Waals surface area contributed by atoms with Crippen LogP contribution in [0.25, 0.3) is 10.8 Å². The minimum atomic E-state index is -0.673. The van der Waals surface area contributed by atoms with Crippen molar-refractivity contribution in [1.29, 1.82) is 0 Å². The van der Waals surface area contributed by atoms with Gasteiger partial charge in [-0.2, -0.15) is 0 Å². The molecule has 198 valence electrons. The summed E-state index contributed by atoms with van der Waals surface area (Å²) in [5.41, 5.74) is 0.689. The monoisotopic (exact) mass is 505 g/mol. The fraction of sp³-hybridized carbons (Fsp3) is 0.500. The van der Waals surface area contributed by atoms with Crippen molar-refractivity contribution in [3.8, 4) is 0 Å². The number of hydrogen-bond acceptors (Lipinski definition) is 4. The maximum Gasteiger partial charge on any atom is 0.247 e. The highest BCUT2D eigenvalue weighted by atomic mass is 16.3. The van der Waals surface area contributed by atoms with Gasteiger partial charge in [0.05, 0.1) is 11.8 Å². The van der Waals surface area contributed by atoms with Crippen LogP contribution in [-0.2, 0) is 14.4 Å². The third-order valence-corrected chi connectivity index (χ3v) is 7.88. The molecule has 0 aromatic heterocycles. The maximum absolute atomic E-state index is 13.9. The number of unbranched alkanes of at least 4 members (excludes halogenated alkanes) is 3. The first-order valence-corrected chi connectivity index (χ1v) is 13.6. The Kier molecular flexibility index (Phi) is 8.98. The molecule has 5 atom stereocenters. The summed E-state index contributed by atoms with van der Waals surface area (Å²) in [7, 11) is 1.61. The van der Waals surface area contributed by atoms with Gasteiger partial charge in [0.25, 0.3) is 0 Å². The fourth-order valence-corrected chi connectivity index (χ4v) is 6.10. The standard InChI is InChI=1S/C30H39N3O4/c1-3-10-21-14-16-24-26(25(21)28(35)31-2)30(37)33(17-8-4-5-9-18-34)27(24)29(36)32-23-15-13-20-11-6-7-12-22(20)19-23/h6-7,11-16,19,21,24-27,34H,3-5,8-10,17-18H2,1-2H3,(H,31,35)(H,32,36)/t21-,24+,25-,26-,27+/m1/s1. The number of carbonyl (C=O) groups excluding carboxylic acids is 3. The Bertz CT molecular complexity index is 1150. The average molecular weight is 506 g/mol. The van der Waals surface area contributed by atoms with Crippen LogP contribution in [0.5, 0.6) is 0 Å². The largest absolute Gasteiger partial charge is 0.396 e. The third-order valence-electron chi connectivity index (χ3n) is 7.88. The van der Waals surface area contributed by atoms with Crippen molar-refractivity contribution in [1.82, 2.24) is 10.2 Å². The first-order valence-electron chi connectivity index (χ1n) is 13.6. The molecule has 1 heterocycles. The normalized spacial score (nSPS) is 24.8. The van der Waals surface area contributed by atoms with Gasteiger partial charge in [-0.15, -0.1) is 0 Å². The lowest BCUT2D eigenvalue weighted by Gasteiger charge is -2.34. The molecular weight excluding hydrogens is 466 g/mol. The van der Waals surface area contributed by atoms with Gasteiger partial charge in [-0.3, -0.25) is 14.4 Å². The Morgan fingerprint density at radius 2 is 1.73 bits per heavy atom. The summed E-state index contributed by atoms with van der Waals surface area (Å²) in [4.78, 5) is 42.4. The summed E-state index contributed by atoms with van der Waals surface area (Å²) in [6.07, 6.45) is 9.01. The molecule has 3 amide bonds. The Hall–Kier alpha value is -3.19. The van der Waals surface area contributed by atoms with Crippen LogP contribution in [0.2, 0.25) is 0 Å². The summed E-state index contributed by atoms with van der Waals surface area (Å²) in [6, 6.07) is 13.1. The van der Waals surface area contributed by atoms with Crippen LogP contribution in [0.15, 0.2) is 54.6 Å². The lowest BCUT2D eigenvalue weighted by atomic mass is 9.68. The van der Waals surface area contributed by atoms with Crippen molar-refractivity contribution in [2.75, 3.05) is 25.5 Å². The number of nitrogens with zero attached hydrogens (tertiary/aromatic N) is 1. The molecule has 1 aliphatic carbocycles.